The first-order valence-corrected chi connectivity index (χ1v) is 6.68. The molecule has 18 heavy (non-hydrogen) atoms. The second-order valence-corrected chi connectivity index (χ2v) is 5.23. The highest BCUT2D eigenvalue weighted by Crippen LogP contribution is 2.29. The van der Waals surface area contributed by atoms with Crippen LogP contribution in [0.1, 0.15) is 31.4 Å². The molecule has 1 aromatic heterocycles. The topological polar surface area (TPSA) is 59.5 Å². The first-order chi connectivity index (χ1) is 8.70. The van der Waals surface area contributed by atoms with Crippen molar-refractivity contribution in [2.75, 3.05) is 13.6 Å². The molecule has 0 atom stereocenters. The van der Waals surface area contributed by atoms with E-state index >= 15 is 0 Å². The Hall–Kier alpha value is -1.29. The van der Waals surface area contributed by atoms with Gasteiger partial charge in [-0.1, -0.05) is 0 Å². The molecule has 0 radical (unpaired) electrons. The normalized spacial score (nSPS) is 23.9. The van der Waals surface area contributed by atoms with Gasteiger partial charge in [0.15, 0.2) is 0 Å². The molecule has 1 amide bonds. The van der Waals surface area contributed by atoms with Crippen molar-refractivity contribution >= 4 is 5.91 Å². The minimum atomic E-state index is 0.174. The lowest BCUT2D eigenvalue weighted by atomic mass is 9.81. The van der Waals surface area contributed by atoms with E-state index in [0.717, 1.165) is 38.0 Å². The number of hydrogen-bond donors (Lipinski definition) is 1. The quantitative estimate of drug-likeness (QED) is 0.889. The van der Waals surface area contributed by atoms with Crippen molar-refractivity contribution < 1.29 is 9.21 Å². The van der Waals surface area contributed by atoms with Crippen LogP contribution in [-0.4, -0.2) is 24.4 Å². The second-order valence-electron chi connectivity index (χ2n) is 5.23. The molecule has 0 bridgehead atoms. The van der Waals surface area contributed by atoms with E-state index in [-0.39, 0.29) is 11.8 Å². The first-order valence-electron chi connectivity index (χ1n) is 6.68. The van der Waals surface area contributed by atoms with Gasteiger partial charge in [0.1, 0.15) is 5.76 Å². The van der Waals surface area contributed by atoms with Crippen LogP contribution in [0.2, 0.25) is 0 Å². The first kappa shape index (κ1) is 13.1. The SMILES string of the molecule is CN(Cc1ccco1)C(=O)C1CCC(CN)CC1. The zero-order valence-electron chi connectivity index (χ0n) is 11.0. The van der Waals surface area contributed by atoms with Crippen LogP contribution in [0.5, 0.6) is 0 Å². The number of hydrogen-bond acceptors (Lipinski definition) is 3. The summed E-state index contributed by atoms with van der Waals surface area (Å²) in [4.78, 5) is 14.0. The van der Waals surface area contributed by atoms with Gasteiger partial charge in [-0.15, -0.1) is 0 Å². The summed E-state index contributed by atoms with van der Waals surface area (Å²) in [5.74, 6) is 1.86. The van der Waals surface area contributed by atoms with Crippen molar-refractivity contribution in [3.8, 4) is 0 Å². The van der Waals surface area contributed by atoms with Gasteiger partial charge in [-0.2, -0.15) is 0 Å². The average molecular weight is 250 g/mol. The lowest BCUT2D eigenvalue weighted by Gasteiger charge is -2.29. The zero-order chi connectivity index (χ0) is 13.0. The summed E-state index contributed by atoms with van der Waals surface area (Å²) in [5.41, 5.74) is 5.67. The zero-order valence-corrected chi connectivity index (χ0v) is 11.0. The van der Waals surface area contributed by atoms with Crippen LogP contribution in [0.15, 0.2) is 22.8 Å². The third-order valence-corrected chi connectivity index (χ3v) is 3.88. The molecule has 0 spiro atoms. The summed E-state index contributed by atoms with van der Waals surface area (Å²) in [6.07, 6.45) is 5.76. The van der Waals surface area contributed by atoms with Crippen molar-refractivity contribution in [1.29, 1.82) is 0 Å². The molecule has 0 aromatic carbocycles. The Morgan fingerprint density at radius 2 is 2.17 bits per heavy atom. The van der Waals surface area contributed by atoms with Gasteiger partial charge in [0, 0.05) is 13.0 Å². The van der Waals surface area contributed by atoms with Crippen LogP contribution in [-0.2, 0) is 11.3 Å². The van der Waals surface area contributed by atoms with E-state index in [2.05, 4.69) is 0 Å². The van der Waals surface area contributed by atoms with E-state index < -0.39 is 0 Å². The smallest absolute Gasteiger partial charge is 0.225 e. The second kappa shape index (κ2) is 6.05. The number of carbonyl (C=O) groups excluding carboxylic acids is 1. The van der Waals surface area contributed by atoms with E-state index in [1.165, 1.54) is 0 Å². The molecule has 2 rings (SSSR count). The molecule has 1 fully saturated rings. The fourth-order valence-electron chi connectivity index (χ4n) is 2.67. The molecule has 0 aliphatic heterocycles. The van der Waals surface area contributed by atoms with Crippen LogP contribution in [0.25, 0.3) is 0 Å². The van der Waals surface area contributed by atoms with E-state index in [1.54, 1.807) is 11.2 Å². The summed E-state index contributed by atoms with van der Waals surface area (Å²) in [6, 6.07) is 3.75. The van der Waals surface area contributed by atoms with Crippen molar-refractivity contribution in [3.63, 3.8) is 0 Å². The Morgan fingerprint density at radius 1 is 1.44 bits per heavy atom. The van der Waals surface area contributed by atoms with Crippen LogP contribution in [0, 0.1) is 11.8 Å². The molecule has 0 saturated heterocycles. The summed E-state index contributed by atoms with van der Waals surface area (Å²) in [6.45, 7) is 1.31. The molecule has 1 heterocycles. The molecular formula is C14H22N2O2. The van der Waals surface area contributed by atoms with Crippen LogP contribution in [0.4, 0.5) is 0 Å². The molecule has 2 N–H and O–H groups in total. The Kier molecular flexibility index (Phi) is 4.42. The fraction of sp³-hybridized carbons (Fsp3) is 0.643. The van der Waals surface area contributed by atoms with Gasteiger partial charge < -0.3 is 15.1 Å². The monoisotopic (exact) mass is 250 g/mol. The summed E-state index contributed by atoms with van der Waals surface area (Å²) >= 11 is 0. The van der Waals surface area contributed by atoms with Crippen LogP contribution >= 0.6 is 0 Å². The molecule has 100 valence electrons. The summed E-state index contributed by atoms with van der Waals surface area (Å²) < 4.78 is 5.27. The number of carbonyl (C=O) groups is 1. The molecule has 4 heteroatoms. The number of furan rings is 1. The number of rotatable bonds is 4. The van der Waals surface area contributed by atoms with Gasteiger partial charge in [0.05, 0.1) is 12.8 Å². The van der Waals surface area contributed by atoms with E-state index in [1.807, 2.05) is 19.2 Å². The Morgan fingerprint density at radius 3 is 2.72 bits per heavy atom. The molecule has 1 saturated carbocycles. The Balaban J connectivity index is 1.84. The maximum atomic E-state index is 12.3. The predicted octanol–water partition coefficient (Wildman–Crippen LogP) is 2.00. The number of nitrogens with two attached hydrogens (primary N) is 1. The van der Waals surface area contributed by atoms with Gasteiger partial charge in [0.2, 0.25) is 5.91 Å². The van der Waals surface area contributed by atoms with Gasteiger partial charge in [-0.25, -0.2) is 0 Å². The van der Waals surface area contributed by atoms with E-state index in [0.29, 0.717) is 12.5 Å². The van der Waals surface area contributed by atoms with E-state index in [4.69, 9.17) is 10.2 Å². The third kappa shape index (κ3) is 3.13. The largest absolute Gasteiger partial charge is 0.467 e. The van der Waals surface area contributed by atoms with Crippen molar-refractivity contribution in [3.05, 3.63) is 24.2 Å². The maximum absolute atomic E-state index is 12.3. The number of amides is 1. The van der Waals surface area contributed by atoms with Crippen molar-refractivity contribution in [2.45, 2.75) is 32.2 Å². The third-order valence-electron chi connectivity index (χ3n) is 3.88. The van der Waals surface area contributed by atoms with Crippen molar-refractivity contribution in [2.24, 2.45) is 17.6 Å². The lowest BCUT2D eigenvalue weighted by molar-refractivity contribution is -0.136. The summed E-state index contributed by atoms with van der Waals surface area (Å²) in [7, 11) is 1.85. The highest BCUT2D eigenvalue weighted by atomic mass is 16.3. The molecule has 4 nitrogen and oxygen atoms in total. The molecule has 1 aliphatic rings. The average Bonchev–Trinajstić information content (AvgIpc) is 2.91. The number of nitrogens with zero attached hydrogens (tertiary/aromatic N) is 1. The highest BCUT2D eigenvalue weighted by Gasteiger charge is 2.27. The highest BCUT2D eigenvalue weighted by molar-refractivity contribution is 5.78. The van der Waals surface area contributed by atoms with Crippen molar-refractivity contribution in [1.82, 2.24) is 4.90 Å². The molecular weight excluding hydrogens is 228 g/mol. The van der Waals surface area contributed by atoms with Crippen LogP contribution < -0.4 is 5.73 Å². The van der Waals surface area contributed by atoms with E-state index in [9.17, 15) is 4.79 Å². The minimum absolute atomic E-state index is 0.174. The fourth-order valence-corrected chi connectivity index (χ4v) is 2.67. The maximum Gasteiger partial charge on any atom is 0.225 e. The molecule has 1 aliphatic carbocycles. The van der Waals surface area contributed by atoms with Crippen LogP contribution in [0.3, 0.4) is 0 Å². The molecule has 1 aromatic rings. The molecule has 0 unspecified atom stereocenters. The minimum Gasteiger partial charge on any atom is -0.467 e. The summed E-state index contributed by atoms with van der Waals surface area (Å²) in [5, 5.41) is 0. The van der Waals surface area contributed by atoms with Gasteiger partial charge in [-0.3, -0.25) is 4.79 Å². The Bertz CT molecular complexity index is 367. The lowest BCUT2D eigenvalue weighted by Crippen LogP contribution is -2.35. The standard InChI is InChI=1S/C14H22N2O2/c1-16(10-13-3-2-8-18-13)14(17)12-6-4-11(9-15)5-7-12/h2-3,8,11-12H,4-7,9-10,15H2,1H3. The Labute approximate surface area is 108 Å². The van der Waals surface area contributed by atoms with Gasteiger partial charge in [-0.05, 0) is 50.3 Å². The van der Waals surface area contributed by atoms with Gasteiger partial charge in [0.25, 0.3) is 0 Å². The predicted molar refractivity (Wildman–Crippen MR) is 69.7 cm³/mol. The van der Waals surface area contributed by atoms with Gasteiger partial charge >= 0.3 is 0 Å².